The van der Waals surface area contributed by atoms with E-state index in [0.29, 0.717) is 12.3 Å². The van der Waals surface area contributed by atoms with Crippen LogP contribution in [0.25, 0.3) is 0 Å². The number of hydrazone groups is 1. The highest BCUT2D eigenvalue weighted by atomic mass is 32.2. The second-order valence-electron chi connectivity index (χ2n) is 3.84. The van der Waals surface area contributed by atoms with Crippen molar-refractivity contribution in [3.63, 3.8) is 0 Å². The molecule has 0 spiro atoms. The fourth-order valence-corrected chi connectivity index (χ4v) is 1.93. The molecule has 0 aliphatic carbocycles. The normalized spacial score (nSPS) is 12.0. The van der Waals surface area contributed by atoms with Gasteiger partial charge < -0.3 is 9.64 Å². The fraction of sp³-hybridized carbons (Fsp3) is 0.364. The average Bonchev–Trinajstić information content (AvgIpc) is 2.34. The lowest BCUT2D eigenvalue weighted by Gasteiger charge is -2.06. The van der Waals surface area contributed by atoms with Gasteiger partial charge in [-0.05, 0) is 38.4 Å². The van der Waals surface area contributed by atoms with Gasteiger partial charge in [0, 0.05) is 12.8 Å². The minimum Gasteiger partial charge on any atom is -0.497 e. The number of sulfonamides is 1. The summed E-state index contributed by atoms with van der Waals surface area (Å²) < 4.78 is 28.6. The molecule has 0 fully saturated rings. The zero-order valence-electron chi connectivity index (χ0n) is 10.6. The van der Waals surface area contributed by atoms with Crippen molar-refractivity contribution >= 4 is 16.2 Å². The van der Waals surface area contributed by atoms with Gasteiger partial charge in [-0.2, -0.15) is 13.5 Å². The summed E-state index contributed by atoms with van der Waals surface area (Å²) in [5.74, 6) is 0.602. The number of rotatable bonds is 6. The van der Waals surface area contributed by atoms with Crippen LogP contribution in [-0.2, 0) is 10.0 Å². The predicted molar refractivity (Wildman–Crippen MR) is 70.4 cm³/mol. The highest BCUT2D eigenvalue weighted by Gasteiger charge is 2.12. The molecule has 1 rings (SSSR count). The molecular formula is C11H17N3O3S. The molecule has 0 aliphatic rings. The van der Waals surface area contributed by atoms with Crippen LogP contribution >= 0.6 is 0 Å². The summed E-state index contributed by atoms with van der Waals surface area (Å²) in [6.07, 6.45) is 1.49. The Labute approximate surface area is 107 Å². The van der Waals surface area contributed by atoms with E-state index in [2.05, 4.69) is 9.93 Å². The van der Waals surface area contributed by atoms with Crippen molar-refractivity contribution in [1.29, 1.82) is 0 Å². The number of benzene rings is 1. The zero-order valence-corrected chi connectivity index (χ0v) is 11.4. The van der Waals surface area contributed by atoms with Crippen molar-refractivity contribution in [2.75, 3.05) is 27.7 Å². The van der Waals surface area contributed by atoms with E-state index >= 15 is 0 Å². The lowest BCUT2D eigenvalue weighted by molar-refractivity contribution is 0.414. The Morgan fingerprint density at radius 3 is 2.44 bits per heavy atom. The van der Waals surface area contributed by atoms with Crippen LogP contribution in [0.2, 0.25) is 0 Å². The number of ether oxygens (including phenoxy) is 1. The Bertz CT molecular complexity index is 495. The van der Waals surface area contributed by atoms with Crippen LogP contribution in [0.3, 0.4) is 0 Å². The quantitative estimate of drug-likeness (QED) is 0.605. The second-order valence-corrected chi connectivity index (χ2v) is 5.51. The second kappa shape index (κ2) is 6.36. The van der Waals surface area contributed by atoms with Gasteiger partial charge in [-0.3, -0.25) is 0 Å². The summed E-state index contributed by atoms with van der Waals surface area (Å²) in [6, 6.07) is 6.08. The van der Waals surface area contributed by atoms with Gasteiger partial charge >= 0.3 is 0 Å². The zero-order chi connectivity index (χ0) is 13.6. The molecule has 0 unspecified atom stereocenters. The van der Waals surface area contributed by atoms with Gasteiger partial charge in [0.15, 0.2) is 0 Å². The Morgan fingerprint density at radius 1 is 1.33 bits per heavy atom. The van der Waals surface area contributed by atoms with Crippen LogP contribution in [0, 0.1) is 0 Å². The molecule has 0 atom stereocenters. The maximum absolute atomic E-state index is 11.8. The van der Waals surface area contributed by atoms with Crippen molar-refractivity contribution in [2.45, 2.75) is 4.90 Å². The van der Waals surface area contributed by atoms with E-state index in [4.69, 9.17) is 4.74 Å². The first kappa shape index (κ1) is 14.5. The van der Waals surface area contributed by atoms with Gasteiger partial charge in [-0.25, -0.2) is 4.83 Å². The van der Waals surface area contributed by atoms with E-state index in [1.807, 2.05) is 19.0 Å². The smallest absolute Gasteiger partial charge is 0.276 e. The number of hydrogen-bond donors (Lipinski definition) is 1. The van der Waals surface area contributed by atoms with E-state index in [1.165, 1.54) is 25.5 Å². The molecule has 0 saturated heterocycles. The molecule has 0 amide bonds. The van der Waals surface area contributed by atoms with Gasteiger partial charge in [-0.1, -0.05) is 0 Å². The Morgan fingerprint density at radius 2 is 1.94 bits per heavy atom. The molecular weight excluding hydrogens is 254 g/mol. The average molecular weight is 271 g/mol. The minimum atomic E-state index is -3.61. The molecule has 18 heavy (non-hydrogen) atoms. The standard InChI is InChI=1S/C11H17N3O3S/c1-14(2)9-8-12-13-18(15,16)11-6-4-10(17-3)5-7-11/h4-8,13H,9H2,1-3H3/b12-8-. The van der Waals surface area contributed by atoms with Gasteiger partial charge in [0.2, 0.25) is 0 Å². The third-order valence-corrected chi connectivity index (χ3v) is 3.32. The molecule has 0 saturated carbocycles. The first-order chi connectivity index (χ1) is 8.45. The van der Waals surface area contributed by atoms with Gasteiger partial charge in [0.05, 0.1) is 12.0 Å². The molecule has 0 aliphatic heterocycles. The topological polar surface area (TPSA) is 71.0 Å². The minimum absolute atomic E-state index is 0.144. The molecule has 0 bridgehead atoms. The van der Waals surface area contributed by atoms with Gasteiger partial charge in [0.1, 0.15) is 5.75 Å². The molecule has 0 heterocycles. The number of nitrogens with zero attached hydrogens (tertiary/aromatic N) is 2. The molecule has 0 radical (unpaired) electrons. The summed E-state index contributed by atoms with van der Waals surface area (Å²) in [6.45, 7) is 0.561. The molecule has 1 N–H and O–H groups in total. The monoisotopic (exact) mass is 271 g/mol. The summed E-state index contributed by atoms with van der Waals surface area (Å²) >= 11 is 0. The first-order valence-electron chi connectivity index (χ1n) is 5.28. The van der Waals surface area contributed by atoms with Crippen LogP contribution < -0.4 is 9.57 Å². The SMILES string of the molecule is COc1ccc(S(=O)(=O)N/N=C\CN(C)C)cc1. The summed E-state index contributed by atoms with van der Waals surface area (Å²) in [4.78, 5) is 4.15. The third kappa shape index (κ3) is 4.34. The molecule has 100 valence electrons. The fourth-order valence-electron chi connectivity index (χ4n) is 1.12. The van der Waals surface area contributed by atoms with Crippen molar-refractivity contribution in [3.8, 4) is 5.75 Å². The van der Waals surface area contributed by atoms with Gasteiger partial charge in [0.25, 0.3) is 10.0 Å². The lowest BCUT2D eigenvalue weighted by Crippen LogP contribution is -2.20. The first-order valence-corrected chi connectivity index (χ1v) is 6.76. The van der Waals surface area contributed by atoms with E-state index in [-0.39, 0.29) is 4.90 Å². The van der Waals surface area contributed by atoms with Crippen LogP contribution in [-0.4, -0.2) is 47.3 Å². The van der Waals surface area contributed by atoms with Gasteiger partial charge in [-0.15, -0.1) is 0 Å². The van der Waals surface area contributed by atoms with Crippen LogP contribution in [0.5, 0.6) is 5.75 Å². The van der Waals surface area contributed by atoms with E-state index in [9.17, 15) is 8.42 Å². The summed E-state index contributed by atoms with van der Waals surface area (Å²) in [5.41, 5.74) is 0. The molecule has 6 nitrogen and oxygen atoms in total. The van der Waals surface area contributed by atoms with Crippen LogP contribution in [0.15, 0.2) is 34.3 Å². The maximum atomic E-state index is 11.8. The molecule has 1 aromatic carbocycles. The summed E-state index contributed by atoms with van der Waals surface area (Å²) in [7, 11) is 1.65. The molecule has 7 heteroatoms. The number of nitrogens with one attached hydrogen (secondary N) is 1. The molecule has 0 aromatic heterocycles. The van der Waals surface area contributed by atoms with Crippen molar-refractivity contribution in [2.24, 2.45) is 5.10 Å². The Kier molecular flexibility index (Phi) is 5.11. The number of hydrogen-bond acceptors (Lipinski definition) is 5. The van der Waals surface area contributed by atoms with Crippen molar-refractivity contribution < 1.29 is 13.2 Å². The van der Waals surface area contributed by atoms with E-state index < -0.39 is 10.0 Å². The largest absolute Gasteiger partial charge is 0.497 e. The number of methoxy groups -OCH3 is 1. The summed E-state index contributed by atoms with van der Waals surface area (Å²) in [5, 5.41) is 3.67. The van der Waals surface area contributed by atoms with E-state index in [0.717, 1.165) is 0 Å². The Balaban J connectivity index is 2.70. The molecule has 1 aromatic rings. The van der Waals surface area contributed by atoms with Crippen LogP contribution in [0.1, 0.15) is 0 Å². The van der Waals surface area contributed by atoms with Crippen LogP contribution in [0.4, 0.5) is 0 Å². The lowest BCUT2D eigenvalue weighted by atomic mass is 10.3. The Hall–Kier alpha value is -1.60. The van der Waals surface area contributed by atoms with E-state index in [1.54, 1.807) is 12.1 Å². The predicted octanol–water partition coefficient (Wildman–Crippen LogP) is 0.521. The van der Waals surface area contributed by atoms with Crippen molar-refractivity contribution in [3.05, 3.63) is 24.3 Å². The maximum Gasteiger partial charge on any atom is 0.276 e. The highest BCUT2D eigenvalue weighted by Crippen LogP contribution is 2.14. The van der Waals surface area contributed by atoms with Crippen molar-refractivity contribution in [1.82, 2.24) is 9.73 Å². The highest BCUT2D eigenvalue weighted by molar-refractivity contribution is 7.89. The third-order valence-electron chi connectivity index (χ3n) is 2.08.